The molecule has 5 nitrogen and oxygen atoms in total. The van der Waals surface area contributed by atoms with E-state index in [1.807, 2.05) is 55.5 Å². The Kier molecular flexibility index (Phi) is 5.67. The Morgan fingerprint density at radius 1 is 0.931 bits per heavy atom. The van der Waals surface area contributed by atoms with Gasteiger partial charge in [0.2, 0.25) is 5.91 Å². The molecule has 1 aliphatic rings. The van der Waals surface area contributed by atoms with Gasteiger partial charge in [-0.1, -0.05) is 42.5 Å². The molecule has 1 amide bonds. The number of carbonyl (C=O) groups excluding carboxylic acids is 1. The minimum atomic E-state index is -0.179. The van der Waals surface area contributed by atoms with E-state index in [9.17, 15) is 4.79 Å². The number of hydrogen-bond donors (Lipinski definition) is 1. The molecule has 1 aliphatic heterocycles. The van der Waals surface area contributed by atoms with Crippen molar-refractivity contribution in [3.05, 3.63) is 66.7 Å². The van der Waals surface area contributed by atoms with Crippen molar-refractivity contribution in [1.29, 1.82) is 0 Å². The number of fused-ring (bicyclic) bond motifs is 1. The molecule has 5 heteroatoms. The zero-order valence-corrected chi connectivity index (χ0v) is 17.0. The number of benzene rings is 3. The molecule has 0 aliphatic carbocycles. The van der Waals surface area contributed by atoms with E-state index in [1.165, 1.54) is 5.39 Å². The highest BCUT2D eigenvalue weighted by atomic mass is 16.5. The Bertz CT molecular complexity index is 996. The van der Waals surface area contributed by atoms with Gasteiger partial charge < -0.3 is 15.0 Å². The fourth-order valence-corrected chi connectivity index (χ4v) is 3.92. The summed E-state index contributed by atoms with van der Waals surface area (Å²) in [5.41, 5.74) is 1.95. The molecule has 0 radical (unpaired) electrons. The summed E-state index contributed by atoms with van der Waals surface area (Å²) in [6.45, 7) is 5.39. The van der Waals surface area contributed by atoms with Gasteiger partial charge >= 0.3 is 0 Å². The van der Waals surface area contributed by atoms with E-state index < -0.39 is 0 Å². The molecular formula is C24H27N3O2. The molecule has 1 fully saturated rings. The summed E-state index contributed by atoms with van der Waals surface area (Å²) in [6, 6.07) is 22.1. The first kappa shape index (κ1) is 19.3. The summed E-state index contributed by atoms with van der Waals surface area (Å²) in [6.07, 6.45) is 0. The Hall–Kier alpha value is -3.05. The maximum absolute atomic E-state index is 12.8. The number of carbonyl (C=O) groups is 1. The number of amides is 1. The third-order valence-electron chi connectivity index (χ3n) is 5.68. The maximum Gasteiger partial charge on any atom is 0.241 e. The van der Waals surface area contributed by atoms with E-state index in [1.54, 1.807) is 7.11 Å². The van der Waals surface area contributed by atoms with E-state index in [0.29, 0.717) is 0 Å². The van der Waals surface area contributed by atoms with E-state index >= 15 is 0 Å². The largest absolute Gasteiger partial charge is 0.495 e. The second-order valence-electron chi connectivity index (χ2n) is 7.42. The molecule has 4 rings (SSSR count). The molecule has 150 valence electrons. The van der Waals surface area contributed by atoms with Crippen LogP contribution in [0.3, 0.4) is 0 Å². The quantitative estimate of drug-likeness (QED) is 0.716. The molecule has 0 saturated carbocycles. The summed E-state index contributed by atoms with van der Waals surface area (Å²) < 4.78 is 5.49. The summed E-state index contributed by atoms with van der Waals surface area (Å²) in [5, 5.41) is 5.38. The second kappa shape index (κ2) is 8.53. The number of piperazine rings is 1. The maximum atomic E-state index is 12.8. The van der Waals surface area contributed by atoms with Crippen molar-refractivity contribution in [3.63, 3.8) is 0 Å². The van der Waals surface area contributed by atoms with Gasteiger partial charge in [-0.15, -0.1) is 0 Å². The average molecular weight is 389 g/mol. The lowest BCUT2D eigenvalue weighted by Crippen LogP contribution is -2.52. The topological polar surface area (TPSA) is 44.8 Å². The normalized spacial score (nSPS) is 15.9. The van der Waals surface area contributed by atoms with Crippen LogP contribution in [0.4, 0.5) is 11.4 Å². The van der Waals surface area contributed by atoms with Gasteiger partial charge in [-0.25, -0.2) is 0 Å². The third-order valence-corrected chi connectivity index (χ3v) is 5.68. The van der Waals surface area contributed by atoms with Crippen LogP contribution in [0.2, 0.25) is 0 Å². The highest BCUT2D eigenvalue weighted by Gasteiger charge is 2.26. The summed E-state index contributed by atoms with van der Waals surface area (Å²) in [4.78, 5) is 17.4. The van der Waals surface area contributed by atoms with E-state index in [-0.39, 0.29) is 11.9 Å². The lowest BCUT2D eigenvalue weighted by atomic mass is 10.1. The molecule has 1 N–H and O–H groups in total. The van der Waals surface area contributed by atoms with Crippen molar-refractivity contribution in [2.24, 2.45) is 0 Å². The van der Waals surface area contributed by atoms with Crippen LogP contribution in [0.15, 0.2) is 66.7 Å². The van der Waals surface area contributed by atoms with Crippen LogP contribution >= 0.6 is 0 Å². The fourth-order valence-electron chi connectivity index (χ4n) is 3.92. The first-order valence-electron chi connectivity index (χ1n) is 10.1. The predicted molar refractivity (Wildman–Crippen MR) is 119 cm³/mol. The SMILES string of the molecule is COc1ccccc1N1CCN([C@H](C)C(=O)Nc2ccc3ccccc3c2)CC1. The Morgan fingerprint density at radius 2 is 1.62 bits per heavy atom. The molecule has 0 aromatic heterocycles. The van der Waals surface area contributed by atoms with Crippen molar-refractivity contribution in [3.8, 4) is 5.75 Å². The summed E-state index contributed by atoms with van der Waals surface area (Å²) in [7, 11) is 1.70. The van der Waals surface area contributed by atoms with Crippen molar-refractivity contribution in [2.45, 2.75) is 13.0 Å². The van der Waals surface area contributed by atoms with Crippen LogP contribution < -0.4 is 15.0 Å². The minimum absolute atomic E-state index is 0.0334. The third kappa shape index (κ3) is 4.20. The van der Waals surface area contributed by atoms with Crippen LogP contribution in [-0.4, -0.2) is 50.1 Å². The van der Waals surface area contributed by atoms with Gasteiger partial charge in [-0.3, -0.25) is 9.69 Å². The minimum Gasteiger partial charge on any atom is -0.495 e. The average Bonchev–Trinajstić information content (AvgIpc) is 2.78. The number of rotatable bonds is 5. The van der Waals surface area contributed by atoms with Gasteiger partial charge in [0.25, 0.3) is 0 Å². The fraction of sp³-hybridized carbons (Fsp3) is 0.292. The van der Waals surface area contributed by atoms with Crippen LogP contribution in [-0.2, 0) is 4.79 Å². The van der Waals surface area contributed by atoms with Gasteiger partial charge in [-0.05, 0) is 42.0 Å². The molecule has 1 heterocycles. The Morgan fingerprint density at radius 3 is 2.38 bits per heavy atom. The molecule has 0 bridgehead atoms. The van der Waals surface area contributed by atoms with Gasteiger partial charge in [0, 0.05) is 31.9 Å². The van der Waals surface area contributed by atoms with Gasteiger partial charge in [0.05, 0.1) is 18.8 Å². The van der Waals surface area contributed by atoms with Crippen molar-refractivity contribution in [2.75, 3.05) is 43.5 Å². The monoisotopic (exact) mass is 389 g/mol. The molecule has 29 heavy (non-hydrogen) atoms. The van der Waals surface area contributed by atoms with Crippen molar-refractivity contribution >= 4 is 28.1 Å². The van der Waals surface area contributed by atoms with Crippen LogP contribution in [0.5, 0.6) is 5.75 Å². The van der Waals surface area contributed by atoms with Crippen LogP contribution in [0.1, 0.15) is 6.92 Å². The van der Waals surface area contributed by atoms with Gasteiger partial charge in [-0.2, -0.15) is 0 Å². The summed E-state index contributed by atoms with van der Waals surface area (Å²) >= 11 is 0. The number of hydrogen-bond acceptors (Lipinski definition) is 4. The number of methoxy groups -OCH3 is 1. The van der Waals surface area contributed by atoms with E-state index in [0.717, 1.165) is 48.7 Å². The number of anilines is 2. The number of para-hydroxylation sites is 2. The Labute approximate surface area is 171 Å². The second-order valence-corrected chi connectivity index (χ2v) is 7.42. The zero-order valence-electron chi connectivity index (χ0n) is 17.0. The van der Waals surface area contributed by atoms with Crippen LogP contribution in [0.25, 0.3) is 10.8 Å². The van der Waals surface area contributed by atoms with Gasteiger partial charge in [0.15, 0.2) is 0 Å². The lowest BCUT2D eigenvalue weighted by molar-refractivity contribution is -0.120. The molecule has 3 aromatic carbocycles. The summed E-state index contributed by atoms with van der Waals surface area (Å²) in [5.74, 6) is 0.925. The van der Waals surface area contributed by atoms with Gasteiger partial charge in [0.1, 0.15) is 5.75 Å². The molecule has 0 spiro atoms. The Balaban J connectivity index is 1.37. The highest BCUT2D eigenvalue weighted by molar-refractivity contribution is 5.97. The molecular weight excluding hydrogens is 362 g/mol. The number of ether oxygens (including phenoxy) is 1. The number of nitrogens with one attached hydrogen (secondary N) is 1. The van der Waals surface area contributed by atoms with E-state index in [2.05, 4.69) is 33.3 Å². The zero-order chi connectivity index (χ0) is 20.2. The van der Waals surface area contributed by atoms with Crippen molar-refractivity contribution < 1.29 is 9.53 Å². The standard InChI is InChI=1S/C24H27N3O2/c1-18(24(28)25-21-12-11-19-7-3-4-8-20(19)17-21)26-13-15-27(16-14-26)22-9-5-6-10-23(22)29-2/h3-12,17-18H,13-16H2,1-2H3,(H,25,28)/t18-/m1/s1. The smallest absolute Gasteiger partial charge is 0.241 e. The molecule has 1 atom stereocenters. The number of nitrogens with zero attached hydrogens (tertiary/aromatic N) is 2. The van der Waals surface area contributed by atoms with Crippen molar-refractivity contribution in [1.82, 2.24) is 4.90 Å². The predicted octanol–water partition coefficient (Wildman–Crippen LogP) is 4.00. The molecule has 0 unspecified atom stereocenters. The van der Waals surface area contributed by atoms with E-state index in [4.69, 9.17) is 4.74 Å². The lowest BCUT2D eigenvalue weighted by Gasteiger charge is -2.38. The first-order valence-corrected chi connectivity index (χ1v) is 10.1. The molecule has 3 aromatic rings. The first-order chi connectivity index (χ1) is 14.2. The van der Waals surface area contributed by atoms with Crippen LogP contribution in [0, 0.1) is 0 Å². The molecule has 1 saturated heterocycles. The highest BCUT2D eigenvalue weighted by Crippen LogP contribution is 2.28.